The molecule has 184 valence electrons. The Kier molecular flexibility index (Phi) is 8.19. The Bertz CT molecular complexity index is 1130. The number of benzene rings is 2. The minimum atomic E-state index is -3.79. The zero-order valence-corrected chi connectivity index (χ0v) is 21.0. The lowest BCUT2D eigenvalue weighted by atomic mass is 10.1. The summed E-state index contributed by atoms with van der Waals surface area (Å²) in [5.74, 6) is 0.0701. The van der Waals surface area contributed by atoms with E-state index in [1.807, 2.05) is 33.8 Å². The lowest BCUT2D eigenvalue weighted by Gasteiger charge is -2.22. The zero-order chi connectivity index (χ0) is 24.9. The lowest BCUT2D eigenvalue weighted by molar-refractivity contribution is 0.0746. The Labute approximate surface area is 201 Å². The number of aryl methyl sites for hydroxylation is 1. The predicted molar refractivity (Wildman–Crippen MR) is 131 cm³/mol. The van der Waals surface area contributed by atoms with Gasteiger partial charge in [-0.2, -0.15) is 0 Å². The van der Waals surface area contributed by atoms with Crippen molar-refractivity contribution < 1.29 is 22.7 Å². The molecule has 3 rings (SSSR count). The van der Waals surface area contributed by atoms with Gasteiger partial charge in [-0.3, -0.25) is 9.52 Å². The Morgan fingerprint density at radius 1 is 0.971 bits per heavy atom. The first kappa shape index (κ1) is 25.6. The van der Waals surface area contributed by atoms with Gasteiger partial charge in [0, 0.05) is 31.7 Å². The second-order valence-corrected chi connectivity index (χ2v) is 10.7. The number of hydrogen-bond donors (Lipinski definition) is 1. The van der Waals surface area contributed by atoms with Crippen LogP contribution in [-0.2, 0) is 14.8 Å². The second-order valence-electron chi connectivity index (χ2n) is 8.98. The van der Waals surface area contributed by atoms with Crippen molar-refractivity contribution in [2.45, 2.75) is 39.0 Å². The minimum Gasteiger partial charge on any atom is -0.449 e. The summed E-state index contributed by atoms with van der Waals surface area (Å²) < 4.78 is 33.6. The molecule has 0 aliphatic carbocycles. The number of sulfonamides is 1. The van der Waals surface area contributed by atoms with Crippen LogP contribution in [0.2, 0.25) is 0 Å². The Morgan fingerprint density at radius 3 is 2.29 bits per heavy atom. The molecule has 0 spiro atoms. The molecule has 1 saturated heterocycles. The third-order valence-electron chi connectivity index (χ3n) is 5.84. The van der Waals surface area contributed by atoms with E-state index in [1.165, 1.54) is 24.3 Å². The maximum atomic E-state index is 13.0. The van der Waals surface area contributed by atoms with Gasteiger partial charge in [0.15, 0.2) is 0 Å². The SMILES string of the molecule is Cc1cccc(NS(=O)(=O)c2ccc(C(=O)N3CCCN(C(=O)OCC(C)C)CC3)cc2)c1C. The second kappa shape index (κ2) is 10.9. The number of anilines is 1. The number of amides is 2. The molecule has 9 heteroatoms. The zero-order valence-electron chi connectivity index (χ0n) is 20.2. The van der Waals surface area contributed by atoms with Gasteiger partial charge in [0.2, 0.25) is 0 Å². The largest absolute Gasteiger partial charge is 0.449 e. The van der Waals surface area contributed by atoms with Gasteiger partial charge in [-0.15, -0.1) is 0 Å². The van der Waals surface area contributed by atoms with E-state index in [1.54, 1.807) is 21.9 Å². The highest BCUT2D eigenvalue weighted by Gasteiger charge is 2.24. The van der Waals surface area contributed by atoms with E-state index in [2.05, 4.69) is 4.72 Å². The highest BCUT2D eigenvalue weighted by atomic mass is 32.2. The van der Waals surface area contributed by atoms with Crippen molar-refractivity contribution in [3.63, 3.8) is 0 Å². The van der Waals surface area contributed by atoms with Crippen molar-refractivity contribution in [3.05, 3.63) is 59.2 Å². The van der Waals surface area contributed by atoms with Crippen LogP contribution in [0.25, 0.3) is 0 Å². The summed E-state index contributed by atoms with van der Waals surface area (Å²) in [6.07, 6.45) is 0.295. The van der Waals surface area contributed by atoms with E-state index >= 15 is 0 Å². The van der Waals surface area contributed by atoms with Gasteiger partial charge < -0.3 is 14.5 Å². The van der Waals surface area contributed by atoms with Crippen LogP contribution in [0.3, 0.4) is 0 Å². The summed E-state index contributed by atoms with van der Waals surface area (Å²) in [6.45, 7) is 9.94. The molecular weight excluding hydrogens is 454 g/mol. The Balaban J connectivity index is 1.64. The van der Waals surface area contributed by atoms with Crippen molar-refractivity contribution in [2.75, 3.05) is 37.5 Å². The summed E-state index contributed by atoms with van der Waals surface area (Å²) in [4.78, 5) is 28.6. The molecule has 0 atom stereocenters. The number of nitrogens with one attached hydrogen (secondary N) is 1. The van der Waals surface area contributed by atoms with Crippen LogP contribution >= 0.6 is 0 Å². The number of carbonyl (C=O) groups is 2. The summed E-state index contributed by atoms with van der Waals surface area (Å²) >= 11 is 0. The molecule has 1 aliphatic heterocycles. The predicted octanol–water partition coefficient (Wildman–Crippen LogP) is 4.04. The molecule has 1 aliphatic rings. The number of ether oxygens (including phenoxy) is 1. The first-order valence-electron chi connectivity index (χ1n) is 11.5. The molecule has 0 saturated carbocycles. The van der Waals surface area contributed by atoms with Crippen molar-refractivity contribution in [3.8, 4) is 0 Å². The number of hydrogen-bond acceptors (Lipinski definition) is 5. The molecule has 2 amide bonds. The molecule has 1 N–H and O–H groups in total. The summed E-state index contributed by atoms with van der Waals surface area (Å²) in [5, 5.41) is 0. The van der Waals surface area contributed by atoms with Crippen molar-refractivity contribution in [1.29, 1.82) is 0 Å². The third kappa shape index (κ3) is 6.28. The molecule has 8 nitrogen and oxygen atoms in total. The van der Waals surface area contributed by atoms with Crippen molar-refractivity contribution in [2.24, 2.45) is 5.92 Å². The molecule has 2 aromatic carbocycles. The summed E-state index contributed by atoms with van der Waals surface area (Å²) in [6, 6.07) is 11.4. The van der Waals surface area contributed by atoms with E-state index in [0.29, 0.717) is 50.5 Å². The third-order valence-corrected chi connectivity index (χ3v) is 7.22. The average molecular weight is 488 g/mol. The monoisotopic (exact) mass is 487 g/mol. The summed E-state index contributed by atoms with van der Waals surface area (Å²) in [7, 11) is -3.79. The molecule has 0 aromatic heterocycles. The molecular formula is C25H33N3O5S. The van der Waals surface area contributed by atoms with E-state index in [4.69, 9.17) is 4.74 Å². The van der Waals surface area contributed by atoms with Gasteiger partial charge in [0.1, 0.15) is 0 Å². The van der Waals surface area contributed by atoms with Gasteiger partial charge in [-0.1, -0.05) is 26.0 Å². The Morgan fingerprint density at radius 2 is 1.62 bits per heavy atom. The van der Waals surface area contributed by atoms with E-state index in [-0.39, 0.29) is 22.8 Å². The van der Waals surface area contributed by atoms with Gasteiger partial charge in [-0.05, 0) is 67.6 Å². The fraction of sp³-hybridized carbons (Fsp3) is 0.440. The molecule has 0 bridgehead atoms. The van der Waals surface area contributed by atoms with Crippen LogP contribution in [-0.4, -0.2) is 63.0 Å². The maximum Gasteiger partial charge on any atom is 0.409 e. The fourth-order valence-electron chi connectivity index (χ4n) is 3.66. The lowest BCUT2D eigenvalue weighted by Crippen LogP contribution is -2.38. The standard InChI is InChI=1S/C25H33N3O5S/c1-18(2)17-33-25(30)28-14-6-13-27(15-16-28)24(29)21-9-11-22(12-10-21)34(31,32)26-23-8-5-7-19(3)20(23)4/h5,7-12,18,26H,6,13-17H2,1-4H3. The van der Waals surface area contributed by atoms with Crippen LogP contribution in [0, 0.1) is 19.8 Å². The smallest absolute Gasteiger partial charge is 0.409 e. The van der Waals surface area contributed by atoms with Crippen LogP contribution in [0.5, 0.6) is 0 Å². The normalized spacial score (nSPS) is 14.6. The molecule has 1 heterocycles. The fourth-order valence-corrected chi connectivity index (χ4v) is 4.78. The van der Waals surface area contributed by atoms with Crippen LogP contribution in [0.15, 0.2) is 47.4 Å². The molecule has 1 fully saturated rings. The molecule has 34 heavy (non-hydrogen) atoms. The van der Waals surface area contributed by atoms with Gasteiger partial charge in [0.05, 0.1) is 17.2 Å². The van der Waals surface area contributed by atoms with E-state index in [9.17, 15) is 18.0 Å². The molecule has 2 aromatic rings. The number of rotatable bonds is 6. The van der Waals surface area contributed by atoms with E-state index in [0.717, 1.165) is 11.1 Å². The highest BCUT2D eigenvalue weighted by Crippen LogP contribution is 2.22. The number of carbonyl (C=O) groups excluding carboxylic acids is 2. The molecule has 0 unspecified atom stereocenters. The minimum absolute atomic E-state index is 0.0832. The average Bonchev–Trinajstić information content (AvgIpc) is 3.06. The highest BCUT2D eigenvalue weighted by molar-refractivity contribution is 7.92. The van der Waals surface area contributed by atoms with Gasteiger partial charge in [-0.25, -0.2) is 13.2 Å². The van der Waals surface area contributed by atoms with Crippen LogP contribution in [0.4, 0.5) is 10.5 Å². The Hall–Kier alpha value is -3.07. The molecule has 0 radical (unpaired) electrons. The van der Waals surface area contributed by atoms with Gasteiger partial charge in [0.25, 0.3) is 15.9 Å². The first-order valence-corrected chi connectivity index (χ1v) is 13.0. The first-order chi connectivity index (χ1) is 16.1. The van der Waals surface area contributed by atoms with Crippen molar-refractivity contribution in [1.82, 2.24) is 9.80 Å². The maximum absolute atomic E-state index is 13.0. The quantitative estimate of drug-likeness (QED) is 0.663. The number of nitrogens with zero attached hydrogens (tertiary/aromatic N) is 2. The van der Waals surface area contributed by atoms with Crippen LogP contribution in [0.1, 0.15) is 41.8 Å². The summed E-state index contributed by atoms with van der Waals surface area (Å²) in [5.41, 5.74) is 2.79. The van der Waals surface area contributed by atoms with Gasteiger partial charge >= 0.3 is 6.09 Å². The van der Waals surface area contributed by atoms with Crippen molar-refractivity contribution >= 4 is 27.7 Å². The van der Waals surface area contributed by atoms with Crippen LogP contribution < -0.4 is 4.72 Å². The topological polar surface area (TPSA) is 96.0 Å². The van der Waals surface area contributed by atoms with E-state index < -0.39 is 10.0 Å².